The number of rotatable bonds is 8. The van der Waals surface area contributed by atoms with Gasteiger partial charge in [0.2, 0.25) is 0 Å². The van der Waals surface area contributed by atoms with Crippen LogP contribution in [-0.4, -0.2) is 8.07 Å². The summed E-state index contributed by atoms with van der Waals surface area (Å²) in [4.78, 5) is 0. The van der Waals surface area contributed by atoms with E-state index in [0.717, 1.165) is 0 Å². The van der Waals surface area contributed by atoms with Crippen LogP contribution in [0, 0.1) is 5.41 Å². The molecule has 1 heteroatoms. The van der Waals surface area contributed by atoms with Gasteiger partial charge in [0.15, 0.2) is 0 Å². The Morgan fingerprint density at radius 2 is 0.800 bits per heavy atom. The van der Waals surface area contributed by atoms with Crippen molar-refractivity contribution in [3.8, 4) is 0 Å². The van der Waals surface area contributed by atoms with Gasteiger partial charge in [0, 0.05) is 0 Å². The van der Waals surface area contributed by atoms with E-state index in [-0.39, 0.29) is 0 Å². The quantitative estimate of drug-likeness (QED) is 0.409. The smallest absolute Gasteiger partial charge is 0.0665 e. The molecule has 0 radical (unpaired) electrons. The van der Waals surface area contributed by atoms with Crippen molar-refractivity contribution in [3.05, 3.63) is 0 Å². The highest BCUT2D eigenvalue weighted by Gasteiger charge is 2.81. The largest absolute Gasteiger partial charge is 0.0677 e. The summed E-state index contributed by atoms with van der Waals surface area (Å²) >= 11 is 0. The fraction of sp³-hybridized carbons (Fsp3) is 1.00. The zero-order valence-electron chi connectivity index (χ0n) is 15.7. The maximum atomic E-state index is 2.53. The van der Waals surface area contributed by atoms with Crippen molar-refractivity contribution in [2.75, 3.05) is 0 Å². The van der Waals surface area contributed by atoms with E-state index in [1.807, 2.05) is 0 Å². The average molecular weight is 297 g/mol. The molecule has 1 saturated heterocycles. The predicted octanol–water partition coefficient (Wildman–Crippen LogP) is 7.42. The molecule has 0 bridgehead atoms. The van der Waals surface area contributed by atoms with Crippen LogP contribution in [0.3, 0.4) is 0 Å². The van der Waals surface area contributed by atoms with Crippen LogP contribution in [0.1, 0.15) is 93.9 Å². The molecule has 0 aliphatic carbocycles. The molecule has 0 aromatic rings. The van der Waals surface area contributed by atoms with Gasteiger partial charge >= 0.3 is 0 Å². The minimum Gasteiger partial charge on any atom is -0.0677 e. The molecular weight excluding hydrogens is 256 g/mol. The van der Waals surface area contributed by atoms with E-state index in [4.69, 9.17) is 0 Å². The first-order chi connectivity index (χ1) is 9.49. The summed E-state index contributed by atoms with van der Waals surface area (Å²) in [5, 5.41) is 1.41. The SMILES string of the molecule is CCC1(CC)C(CC)(CC)[Si](CC)(CC)C1(CC)CC. The summed E-state index contributed by atoms with van der Waals surface area (Å²) in [6, 6.07) is 3.02. The van der Waals surface area contributed by atoms with Crippen molar-refractivity contribution in [1.82, 2.24) is 0 Å². The van der Waals surface area contributed by atoms with E-state index in [1.54, 1.807) is 0 Å². The maximum absolute atomic E-state index is 2.53. The van der Waals surface area contributed by atoms with Crippen LogP contribution < -0.4 is 0 Å². The summed E-state index contributed by atoms with van der Waals surface area (Å²) in [5.41, 5.74) is 0.630. The fourth-order valence-electron chi connectivity index (χ4n) is 8.18. The van der Waals surface area contributed by atoms with E-state index >= 15 is 0 Å². The summed E-state index contributed by atoms with van der Waals surface area (Å²) in [5.74, 6) is 0. The van der Waals surface area contributed by atoms with Crippen LogP contribution in [0.4, 0.5) is 0 Å². The third-order valence-corrected chi connectivity index (χ3v) is 16.9. The minimum absolute atomic E-state index is 0.630. The van der Waals surface area contributed by atoms with Crippen LogP contribution in [0.25, 0.3) is 0 Å². The Balaban J connectivity index is 3.64. The van der Waals surface area contributed by atoms with E-state index in [0.29, 0.717) is 15.5 Å². The van der Waals surface area contributed by atoms with Crippen molar-refractivity contribution < 1.29 is 0 Å². The van der Waals surface area contributed by atoms with Crippen LogP contribution in [0.2, 0.25) is 22.2 Å². The second kappa shape index (κ2) is 6.14. The van der Waals surface area contributed by atoms with E-state index in [9.17, 15) is 0 Å². The Morgan fingerprint density at radius 3 is 0.950 bits per heavy atom. The Hall–Kier alpha value is 0.217. The molecule has 1 aliphatic rings. The van der Waals surface area contributed by atoms with Gasteiger partial charge in [0.05, 0.1) is 8.07 Å². The Bertz CT molecular complexity index is 222. The van der Waals surface area contributed by atoms with Gasteiger partial charge in [-0.25, -0.2) is 0 Å². The molecule has 1 aliphatic heterocycles. The maximum Gasteiger partial charge on any atom is 0.0665 e. The van der Waals surface area contributed by atoms with Gasteiger partial charge < -0.3 is 0 Å². The second-order valence-corrected chi connectivity index (χ2v) is 12.6. The van der Waals surface area contributed by atoms with Crippen molar-refractivity contribution in [2.24, 2.45) is 5.41 Å². The summed E-state index contributed by atoms with van der Waals surface area (Å²) in [6.45, 7) is 20.1. The molecule has 0 amide bonds. The van der Waals surface area contributed by atoms with Gasteiger partial charge in [-0.15, -0.1) is 0 Å². The Labute approximate surface area is 130 Å². The number of hydrogen-bond acceptors (Lipinski definition) is 0. The van der Waals surface area contributed by atoms with Crippen molar-refractivity contribution in [3.63, 3.8) is 0 Å². The zero-order chi connectivity index (χ0) is 15.7. The van der Waals surface area contributed by atoms with Crippen molar-refractivity contribution in [1.29, 1.82) is 0 Å². The van der Waals surface area contributed by atoms with E-state index < -0.39 is 8.07 Å². The standard InChI is InChI=1S/C19H40Si/c1-9-17(10-2)18(11-3,12-4)20(15-7,16-8)19(17,13-5)14-6/h9-16H2,1-8H3. The van der Waals surface area contributed by atoms with Gasteiger partial charge in [-0.2, -0.15) is 0 Å². The summed E-state index contributed by atoms with van der Waals surface area (Å²) < 4.78 is 0. The topological polar surface area (TPSA) is 0 Å². The van der Waals surface area contributed by atoms with E-state index in [2.05, 4.69) is 55.4 Å². The molecule has 20 heavy (non-hydrogen) atoms. The molecule has 0 N–H and O–H groups in total. The highest BCUT2D eigenvalue weighted by Crippen LogP contribution is 2.89. The highest BCUT2D eigenvalue weighted by molar-refractivity contribution is 6.89. The van der Waals surface area contributed by atoms with Gasteiger partial charge in [0.25, 0.3) is 0 Å². The van der Waals surface area contributed by atoms with Crippen molar-refractivity contribution in [2.45, 2.75) is 116 Å². The average Bonchev–Trinajstić information content (AvgIpc) is 2.50. The molecule has 120 valence electrons. The van der Waals surface area contributed by atoms with Crippen LogP contribution >= 0.6 is 0 Å². The normalized spacial score (nSPS) is 25.2. The molecule has 0 atom stereocenters. The molecule has 0 saturated carbocycles. The van der Waals surface area contributed by atoms with Gasteiger partial charge in [0.1, 0.15) is 0 Å². The lowest BCUT2D eigenvalue weighted by Crippen LogP contribution is -2.78. The monoisotopic (exact) mass is 296 g/mol. The molecule has 0 spiro atoms. The number of hydrogen-bond donors (Lipinski definition) is 0. The molecule has 0 unspecified atom stereocenters. The lowest BCUT2D eigenvalue weighted by molar-refractivity contribution is -0.00393. The van der Waals surface area contributed by atoms with Crippen LogP contribution in [0.15, 0.2) is 0 Å². The van der Waals surface area contributed by atoms with Gasteiger partial charge in [-0.1, -0.05) is 93.2 Å². The molecule has 0 nitrogen and oxygen atoms in total. The molecule has 0 aromatic heterocycles. The zero-order valence-corrected chi connectivity index (χ0v) is 16.7. The fourth-order valence-corrected chi connectivity index (χ4v) is 17.8. The molecule has 0 aromatic carbocycles. The molecule has 1 fully saturated rings. The minimum atomic E-state index is -1.23. The lowest BCUT2D eigenvalue weighted by Gasteiger charge is -2.83. The molecule has 1 rings (SSSR count). The predicted molar refractivity (Wildman–Crippen MR) is 96.3 cm³/mol. The first-order valence-electron chi connectivity index (χ1n) is 9.49. The first-order valence-corrected chi connectivity index (χ1v) is 11.9. The van der Waals surface area contributed by atoms with E-state index in [1.165, 1.54) is 50.6 Å². The Kier molecular flexibility index (Phi) is 5.61. The third-order valence-electron chi connectivity index (χ3n) is 8.49. The van der Waals surface area contributed by atoms with Crippen molar-refractivity contribution >= 4 is 8.07 Å². The Morgan fingerprint density at radius 1 is 0.500 bits per heavy atom. The lowest BCUT2D eigenvalue weighted by atomic mass is 9.56. The first kappa shape index (κ1) is 18.3. The molecular formula is C19H40Si. The van der Waals surface area contributed by atoms with Crippen LogP contribution in [-0.2, 0) is 0 Å². The second-order valence-electron chi connectivity index (χ2n) is 7.16. The summed E-state index contributed by atoms with van der Waals surface area (Å²) in [7, 11) is -1.23. The van der Waals surface area contributed by atoms with Crippen LogP contribution in [0.5, 0.6) is 0 Å². The third kappa shape index (κ3) is 1.49. The van der Waals surface area contributed by atoms with Gasteiger partial charge in [-0.3, -0.25) is 0 Å². The van der Waals surface area contributed by atoms with Gasteiger partial charge in [-0.05, 0) is 28.3 Å². The molecule has 1 heterocycles. The highest BCUT2D eigenvalue weighted by atomic mass is 28.3. The summed E-state index contributed by atoms with van der Waals surface area (Å²) in [6.07, 6.45) is 8.53.